The van der Waals surface area contributed by atoms with Gasteiger partial charge in [-0.05, 0) is 25.0 Å². The zero-order valence-electron chi connectivity index (χ0n) is 12.9. The molecule has 0 bridgehead atoms. The van der Waals surface area contributed by atoms with E-state index < -0.39 is 5.97 Å². The molecule has 0 unspecified atom stereocenters. The van der Waals surface area contributed by atoms with Crippen LogP contribution in [-0.2, 0) is 20.7 Å². The normalized spacial score (nSPS) is 10.2. The Morgan fingerprint density at radius 2 is 1.76 bits per heavy atom. The van der Waals surface area contributed by atoms with E-state index in [4.69, 9.17) is 9.47 Å². The first-order chi connectivity index (χ1) is 10.2. The molecule has 21 heavy (non-hydrogen) atoms. The van der Waals surface area contributed by atoms with Crippen LogP contribution in [0.5, 0.6) is 0 Å². The fraction of sp³-hybridized carbons (Fsp3) is 0.529. The molecule has 0 saturated carbocycles. The maximum absolute atomic E-state index is 11.8. The fourth-order valence-electron chi connectivity index (χ4n) is 2.00. The first-order valence-electron chi connectivity index (χ1n) is 7.59. The molecule has 0 saturated heterocycles. The van der Waals surface area contributed by atoms with Gasteiger partial charge in [0.1, 0.15) is 0 Å². The lowest BCUT2D eigenvalue weighted by Crippen LogP contribution is -2.13. The summed E-state index contributed by atoms with van der Waals surface area (Å²) in [4.78, 5) is 23.6. The molecule has 0 heterocycles. The van der Waals surface area contributed by atoms with E-state index >= 15 is 0 Å². The molecule has 0 fully saturated rings. The molecule has 0 aliphatic heterocycles. The van der Waals surface area contributed by atoms with Gasteiger partial charge in [-0.1, -0.05) is 44.4 Å². The van der Waals surface area contributed by atoms with Crippen molar-refractivity contribution in [1.82, 2.24) is 0 Å². The number of esters is 2. The predicted octanol–water partition coefficient (Wildman–Crippen LogP) is 3.53. The Balaban J connectivity index is 2.50. The Hall–Kier alpha value is -1.84. The van der Waals surface area contributed by atoms with Crippen LogP contribution in [0, 0.1) is 0 Å². The molecule has 1 aromatic rings. The van der Waals surface area contributed by atoms with Crippen LogP contribution in [0.1, 0.15) is 55.5 Å². The lowest BCUT2D eigenvalue weighted by Gasteiger charge is -2.09. The van der Waals surface area contributed by atoms with E-state index in [1.165, 1.54) is 0 Å². The van der Waals surface area contributed by atoms with Crippen molar-refractivity contribution in [2.45, 2.75) is 46.0 Å². The second-order valence-electron chi connectivity index (χ2n) is 4.84. The molecule has 1 rings (SSSR count). The van der Waals surface area contributed by atoms with E-state index in [2.05, 4.69) is 6.92 Å². The minimum atomic E-state index is -0.399. The van der Waals surface area contributed by atoms with Crippen LogP contribution >= 0.6 is 0 Å². The number of carbonyl (C=O) groups excluding carboxylic acids is 2. The highest BCUT2D eigenvalue weighted by Crippen LogP contribution is 2.12. The minimum absolute atomic E-state index is 0.1000. The van der Waals surface area contributed by atoms with Gasteiger partial charge >= 0.3 is 11.9 Å². The summed E-state index contributed by atoms with van der Waals surface area (Å²) in [6.07, 6.45) is 4.37. The van der Waals surface area contributed by atoms with E-state index in [1.807, 2.05) is 0 Å². The molecule has 0 amide bonds. The van der Waals surface area contributed by atoms with Crippen molar-refractivity contribution in [2.75, 3.05) is 13.2 Å². The Morgan fingerprint density at radius 3 is 2.48 bits per heavy atom. The van der Waals surface area contributed by atoms with E-state index in [1.54, 1.807) is 31.2 Å². The standard InChI is InChI=1S/C17H24O4/c1-3-5-6-9-12-21-16(18)13-14-10-7-8-11-15(14)17(19)20-4-2/h7-8,10-11H,3-6,9,12-13H2,1-2H3. The molecule has 0 N–H and O–H groups in total. The molecule has 1 aromatic carbocycles. The van der Waals surface area contributed by atoms with Crippen LogP contribution in [0.2, 0.25) is 0 Å². The van der Waals surface area contributed by atoms with Gasteiger partial charge in [-0.15, -0.1) is 0 Å². The summed E-state index contributed by atoms with van der Waals surface area (Å²) in [5.74, 6) is -0.702. The molecule has 4 nitrogen and oxygen atoms in total. The Bertz CT molecular complexity index is 454. The summed E-state index contributed by atoms with van der Waals surface area (Å²) >= 11 is 0. The number of benzene rings is 1. The van der Waals surface area contributed by atoms with Crippen LogP contribution in [0.4, 0.5) is 0 Å². The van der Waals surface area contributed by atoms with Gasteiger partial charge in [0.2, 0.25) is 0 Å². The molecular formula is C17H24O4. The quantitative estimate of drug-likeness (QED) is 0.516. The van der Waals surface area contributed by atoms with E-state index in [9.17, 15) is 9.59 Å². The lowest BCUT2D eigenvalue weighted by atomic mass is 10.0. The molecule has 116 valence electrons. The van der Waals surface area contributed by atoms with Crippen molar-refractivity contribution >= 4 is 11.9 Å². The average molecular weight is 292 g/mol. The maximum atomic E-state index is 11.8. The Labute approximate surface area is 126 Å². The average Bonchev–Trinajstić information content (AvgIpc) is 2.48. The number of hydrogen-bond acceptors (Lipinski definition) is 4. The van der Waals surface area contributed by atoms with Crippen molar-refractivity contribution in [3.05, 3.63) is 35.4 Å². The fourth-order valence-corrected chi connectivity index (χ4v) is 2.00. The van der Waals surface area contributed by atoms with Crippen LogP contribution < -0.4 is 0 Å². The van der Waals surface area contributed by atoms with Crippen molar-refractivity contribution in [1.29, 1.82) is 0 Å². The molecular weight excluding hydrogens is 268 g/mol. The predicted molar refractivity (Wildman–Crippen MR) is 81.2 cm³/mol. The zero-order chi connectivity index (χ0) is 15.5. The van der Waals surface area contributed by atoms with Crippen molar-refractivity contribution in [3.8, 4) is 0 Å². The summed E-state index contributed by atoms with van der Waals surface area (Å²) in [6, 6.07) is 6.98. The van der Waals surface area contributed by atoms with Crippen molar-refractivity contribution in [3.63, 3.8) is 0 Å². The molecule has 0 spiro atoms. The summed E-state index contributed by atoms with van der Waals surface area (Å²) in [5, 5.41) is 0. The summed E-state index contributed by atoms with van der Waals surface area (Å²) in [7, 11) is 0. The zero-order valence-corrected chi connectivity index (χ0v) is 12.9. The topological polar surface area (TPSA) is 52.6 Å². The van der Waals surface area contributed by atoms with Gasteiger partial charge in [0.25, 0.3) is 0 Å². The third-order valence-corrected chi connectivity index (χ3v) is 3.11. The second-order valence-corrected chi connectivity index (χ2v) is 4.84. The number of ether oxygens (including phenoxy) is 2. The van der Waals surface area contributed by atoms with Crippen molar-refractivity contribution < 1.29 is 19.1 Å². The van der Waals surface area contributed by atoms with E-state index in [0.29, 0.717) is 24.3 Å². The third kappa shape index (κ3) is 6.43. The van der Waals surface area contributed by atoms with E-state index in [0.717, 1.165) is 25.7 Å². The van der Waals surface area contributed by atoms with Gasteiger partial charge < -0.3 is 9.47 Å². The summed E-state index contributed by atoms with van der Waals surface area (Å²) in [5.41, 5.74) is 1.08. The molecule has 0 aliphatic carbocycles. The van der Waals surface area contributed by atoms with Gasteiger partial charge in [-0.25, -0.2) is 4.79 Å². The van der Waals surface area contributed by atoms with Crippen LogP contribution in [0.3, 0.4) is 0 Å². The summed E-state index contributed by atoms with van der Waals surface area (Å²) in [6.45, 7) is 4.65. The minimum Gasteiger partial charge on any atom is -0.465 e. The highest BCUT2D eigenvalue weighted by molar-refractivity contribution is 5.92. The Kier molecular flexibility index (Phi) is 8.17. The lowest BCUT2D eigenvalue weighted by molar-refractivity contribution is -0.142. The molecule has 0 radical (unpaired) electrons. The van der Waals surface area contributed by atoms with E-state index in [-0.39, 0.29) is 12.4 Å². The number of carbonyl (C=O) groups is 2. The van der Waals surface area contributed by atoms with Gasteiger partial charge in [-0.3, -0.25) is 4.79 Å². The first kappa shape index (κ1) is 17.2. The molecule has 0 aromatic heterocycles. The summed E-state index contributed by atoms with van der Waals surface area (Å²) < 4.78 is 10.2. The van der Waals surface area contributed by atoms with Gasteiger partial charge in [-0.2, -0.15) is 0 Å². The highest BCUT2D eigenvalue weighted by atomic mass is 16.5. The SMILES string of the molecule is CCCCCCOC(=O)Cc1ccccc1C(=O)OCC. The smallest absolute Gasteiger partial charge is 0.338 e. The second kappa shape index (κ2) is 9.97. The maximum Gasteiger partial charge on any atom is 0.338 e. The van der Waals surface area contributed by atoms with Crippen LogP contribution in [-0.4, -0.2) is 25.2 Å². The number of hydrogen-bond donors (Lipinski definition) is 0. The van der Waals surface area contributed by atoms with Gasteiger partial charge in [0.05, 0.1) is 25.2 Å². The third-order valence-electron chi connectivity index (χ3n) is 3.11. The molecule has 0 atom stereocenters. The van der Waals surface area contributed by atoms with Crippen molar-refractivity contribution in [2.24, 2.45) is 0 Å². The monoisotopic (exact) mass is 292 g/mol. The van der Waals surface area contributed by atoms with Gasteiger partial charge in [0.15, 0.2) is 0 Å². The highest BCUT2D eigenvalue weighted by Gasteiger charge is 2.14. The largest absolute Gasteiger partial charge is 0.465 e. The molecule has 0 aliphatic rings. The number of rotatable bonds is 9. The molecule has 4 heteroatoms. The number of unbranched alkanes of at least 4 members (excludes halogenated alkanes) is 3. The first-order valence-corrected chi connectivity index (χ1v) is 7.59. The van der Waals surface area contributed by atoms with Crippen LogP contribution in [0.15, 0.2) is 24.3 Å². The van der Waals surface area contributed by atoms with Crippen LogP contribution in [0.25, 0.3) is 0 Å². The Morgan fingerprint density at radius 1 is 1.00 bits per heavy atom. The van der Waals surface area contributed by atoms with Gasteiger partial charge in [0, 0.05) is 0 Å².